The zero-order valence-corrected chi connectivity index (χ0v) is 9.92. The maximum absolute atomic E-state index is 8.58. The molecule has 0 aromatic rings. The molecule has 1 unspecified atom stereocenters. The molecule has 0 saturated heterocycles. The fourth-order valence-electron chi connectivity index (χ4n) is 0. The Balaban J connectivity index is -0.0000000910. The van der Waals surface area contributed by atoms with E-state index in [1.54, 1.807) is 0 Å². The molecule has 8 heteroatoms. The Hall–Kier alpha value is 1.44. The minimum atomic E-state index is -5.62. The molecule has 58 valence electrons. The van der Waals surface area contributed by atoms with Crippen LogP contribution in [0.1, 0.15) is 6.92 Å². The van der Waals surface area contributed by atoms with Gasteiger partial charge < -0.3 is 10.8 Å². The summed E-state index contributed by atoms with van der Waals surface area (Å²) in [6.07, 6.45) is -0.667. The maximum atomic E-state index is 8.58. The summed E-state index contributed by atoms with van der Waals surface area (Å²) >= 11 is -5.62. The van der Waals surface area contributed by atoms with E-state index in [4.69, 9.17) is 20.8 Å². The first-order chi connectivity index (χ1) is 3.73. The molecule has 0 amide bonds. The second-order valence-corrected chi connectivity index (χ2v) is 2.30. The Morgan fingerprint density at radius 3 is 1.50 bits per heavy atom. The van der Waals surface area contributed by atoms with Crippen LogP contribution in [0.15, 0.2) is 0 Å². The van der Waals surface area contributed by atoms with Crippen LogP contribution < -0.4 is 61.3 Å². The molecule has 6 nitrogen and oxygen atoms in total. The van der Waals surface area contributed by atoms with Gasteiger partial charge in [-0.2, -0.15) is 0 Å². The molecule has 0 aliphatic rings. The second kappa shape index (κ2) is 8.53. The first-order valence-electron chi connectivity index (χ1n) is 1.79. The molecule has 3 N–H and O–H groups in total. The number of aliphatic hydroxyl groups excluding tert-OH is 1. The van der Waals surface area contributed by atoms with Gasteiger partial charge in [-0.25, -0.2) is 0 Å². The molecule has 0 aliphatic heterocycles. The van der Waals surface area contributed by atoms with E-state index in [0.717, 1.165) is 0 Å². The average molecular weight is 219 g/mol. The molecule has 0 aromatic carbocycles. The van der Waals surface area contributed by atoms with Crippen molar-refractivity contribution in [2.75, 3.05) is 0 Å². The molecule has 0 aromatic heterocycles. The molecule has 1 atom stereocenters. The van der Waals surface area contributed by atoms with Crippen molar-refractivity contribution in [2.24, 2.45) is 5.73 Å². The molecule has 0 spiro atoms. The van der Waals surface area contributed by atoms with Crippen molar-refractivity contribution in [3.63, 3.8) is 0 Å². The van der Waals surface area contributed by atoms with E-state index in [9.17, 15) is 0 Å². The molecule has 0 aliphatic carbocycles. The van der Waals surface area contributed by atoms with E-state index in [1.165, 1.54) is 6.92 Å². The molecule has 0 saturated carbocycles. The molecule has 0 heterocycles. The van der Waals surface area contributed by atoms with Gasteiger partial charge in [0.25, 0.3) is 0 Å². The van der Waals surface area contributed by atoms with Crippen LogP contribution in [-0.4, -0.2) is 11.3 Å². The summed E-state index contributed by atoms with van der Waals surface area (Å²) in [5.74, 6) is 0. The van der Waals surface area contributed by atoms with Gasteiger partial charge in [-0.05, 0) is 6.92 Å². The van der Waals surface area contributed by atoms with Crippen molar-refractivity contribution < 1.29 is 85.2 Å². The van der Waals surface area contributed by atoms with Gasteiger partial charge in [0, 0.05) is 0 Å². The number of nitrogens with two attached hydrogens (primary N) is 1. The van der Waals surface area contributed by atoms with Crippen molar-refractivity contribution in [1.82, 2.24) is 0 Å². The number of hydrogen-bond donors (Lipinski definition) is 2. The van der Waals surface area contributed by atoms with E-state index >= 15 is 0 Å². The summed E-state index contributed by atoms with van der Waals surface area (Å²) in [4.78, 5) is 0. The monoisotopic (exact) mass is 219 g/mol. The fourth-order valence-corrected chi connectivity index (χ4v) is 0. The fraction of sp³-hybridized carbons (Fsp3) is 1.00. The van der Waals surface area contributed by atoms with Gasteiger partial charge in [-0.3, -0.25) is 0 Å². The van der Waals surface area contributed by atoms with E-state index < -0.39 is 19.2 Å². The summed E-state index contributed by atoms with van der Waals surface area (Å²) < 4.78 is 34.3. The van der Waals surface area contributed by atoms with Gasteiger partial charge in [-0.1, -0.05) is 0 Å². The average Bonchev–Trinajstić information content (AvgIpc) is 1.19. The Labute approximate surface area is 102 Å². The summed E-state index contributed by atoms with van der Waals surface area (Å²) in [5, 5.41) is 7.83. The summed E-state index contributed by atoms with van der Waals surface area (Å²) in [6, 6.07) is 0. The van der Waals surface area contributed by atoms with E-state index in [-0.39, 0.29) is 51.4 Å². The minimum absolute atomic E-state index is 0. The Morgan fingerprint density at radius 1 is 1.50 bits per heavy atom. The first kappa shape index (κ1) is 17.5. The van der Waals surface area contributed by atoms with Gasteiger partial charge in [0.05, 0.1) is 6.23 Å². The van der Waals surface area contributed by atoms with Gasteiger partial charge in [-0.15, -0.1) is 0 Å². The zero-order chi connectivity index (χ0) is 8.08. The van der Waals surface area contributed by atoms with Gasteiger partial charge in [0.2, 0.25) is 0 Å². The van der Waals surface area contributed by atoms with Crippen molar-refractivity contribution in [3.8, 4) is 0 Å². The Bertz CT molecular complexity index is 172. The van der Waals surface area contributed by atoms with Crippen LogP contribution in [0.4, 0.5) is 0 Å². The van der Waals surface area contributed by atoms with E-state index in [2.05, 4.69) is 5.73 Å². The zero-order valence-electron chi connectivity index (χ0n) is 5.61. The molecule has 0 fully saturated rings. The standard InChI is InChI=1S/C2H7NO.K.Mn.4O/c1-2(3)4;;;;;;/h2,4H,3H2,1H3;;;;;;/q;+1;;;;;-1. The van der Waals surface area contributed by atoms with Crippen LogP contribution in [0.25, 0.3) is 0 Å². The second-order valence-electron chi connectivity index (χ2n) is 1.12. The summed E-state index contributed by atoms with van der Waals surface area (Å²) in [5.41, 5.74) is 4.67. The van der Waals surface area contributed by atoms with Crippen molar-refractivity contribution >= 4 is 0 Å². The molecule has 0 radical (unpaired) electrons. The van der Waals surface area contributed by atoms with Crippen molar-refractivity contribution in [1.29, 1.82) is 0 Å². The van der Waals surface area contributed by atoms with Gasteiger partial charge >= 0.3 is 80.0 Å². The van der Waals surface area contributed by atoms with Crippen LogP contribution in [0.3, 0.4) is 0 Å². The molecular weight excluding hydrogens is 212 g/mol. The number of aliphatic hydroxyl groups is 1. The molecule has 0 rings (SSSR count). The predicted octanol–water partition coefficient (Wildman–Crippen LogP) is -5.26. The van der Waals surface area contributed by atoms with Crippen LogP contribution >= 0.6 is 0 Å². The molecule has 10 heavy (non-hydrogen) atoms. The quantitative estimate of drug-likeness (QED) is 0.310. The third-order valence-electron chi connectivity index (χ3n) is 0. The van der Waals surface area contributed by atoms with Crippen LogP contribution in [0, 0.1) is 0 Å². The van der Waals surface area contributed by atoms with Crippen LogP contribution in [-0.2, 0) is 24.5 Å². The number of rotatable bonds is 0. The predicted molar refractivity (Wildman–Crippen MR) is 17.9 cm³/mol. The summed E-state index contributed by atoms with van der Waals surface area (Å²) in [6.45, 7) is 1.50. The van der Waals surface area contributed by atoms with Gasteiger partial charge in [0.1, 0.15) is 0 Å². The topological polar surface area (TPSA) is 121 Å². The van der Waals surface area contributed by atoms with Crippen molar-refractivity contribution in [3.05, 3.63) is 0 Å². The normalized spacial score (nSPS) is 12.0. The molecular formula is C2H7KMnNO5. The Morgan fingerprint density at radius 2 is 1.50 bits per heavy atom. The molecule has 0 bridgehead atoms. The van der Waals surface area contributed by atoms with Crippen LogP contribution in [0.2, 0.25) is 0 Å². The van der Waals surface area contributed by atoms with E-state index in [0.29, 0.717) is 0 Å². The first-order valence-corrected chi connectivity index (χ1v) is 3.71. The van der Waals surface area contributed by atoms with E-state index in [1.807, 2.05) is 0 Å². The summed E-state index contributed by atoms with van der Waals surface area (Å²) in [7, 11) is 0. The van der Waals surface area contributed by atoms with Crippen molar-refractivity contribution in [2.45, 2.75) is 13.2 Å². The third kappa shape index (κ3) is 326. The SMILES string of the molecule is CC(N)O.[K+].[O]=[Mn](=[O])(=[O])[O-]. The van der Waals surface area contributed by atoms with Crippen LogP contribution in [0.5, 0.6) is 0 Å². The third-order valence-corrected chi connectivity index (χ3v) is 0. The Kier molecular flexibility index (Phi) is 14.9. The van der Waals surface area contributed by atoms with Gasteiger partial charge in [0.15, 0.2) is 0 Å². The number of hydrogen-bond acceptors (Lipinski definition) is 6.